The van der Waals surface area contributed by atoms with Gasteiger partial charge in [0.1, 0.15) is 12.2 Å². The number of carbonyl (C=O) groups is 1. The van der Waals surface area contributed by atoms with Crippen molar-refractivity contribution in [2.75, 3.05) is 6.61 Å². The van der Waals surface area contributed by atoms with Crippen LogP contribution < -0.4 is 0 Å². The number of hydrogen-bond donors (Lipinski definition) is 3. The van der Waals surface area contributed by atoms with Crippen molar-refractivity contribution in [2.45, 2.75) is 19.1 Å². The number of rotatable bonds is 3. The maximum absolute atomic E-state index is 10.2. The van der Waals surface area contributed by atoms with E-state index in [-0.39, 0.29) is 0 Å². The Morgan fingerprint density at radius 2 is 2.00 bits per heavy atom. The molecule has 3 N–H and O–H groups in total. The fraction of sp³-hybridized carbons (Fsp3) is 0.800. The second-order valence-electron chi connectivity index (χ2n) is 1.81. The van der Waals surface area contributed by atoms with E-state index in [0.29, 0.717) is 0 Å². The predicted octanol–water partition coefficient (Wildman–Crippen LogP) is -1.71. The first-order valence-corrected chi connectivity index (χ1v) is 2.57. The van der Waals surface area contributed by atoms with Gasteiger partial charge in [-0.05, 0) is 6.92 Å². The van der Waals surface area contributed by atoms with Crippen LogP contribution in [0.15, 0.2) is 0 Å². The van der Waals surface area contributed by atoms with E-state index in [1.807, 2.05) is 0 Å². The Morgan fingerprint density at radius 3 is 2.11 bits per heavy atom. The Labute approximate surface area is 52.7 Å². The average molecular weight is 134 g/mol. The topological polar surface area (TPSA) is 77.8 Å². The van der Waals surface area contributed by atoms with Gasteiger partial charge in [-0.15, -0.1) is 0 Å². The van der Waals surface area contributed by atoms with E-state index in [0.717, 1.165) is 6.92 Å². The second kappa shape index (κ2) is 3.55. The van der Waals surface area contributed by atoms with Crippen LogP contribution in [0.2, 0.25) is 0 Å². The molecule has 54 valence electrons. The molecule has 4 heteroatoms. The van der Waals surface area contributed by atoms with Gasteiger partial charge in [-0.2, -0.15) is 0 Å². The Bertz CT molecular complexity index is 101. The van der Waals surface area contributed by atoms with Crippen molar-refractivity contribution < 1.29 is 20.1 Å². The largest absolute Gasteiger partial charge is 0.394 e. The van der Waals surface area contributed by atoms with Gasteiger partial charge in [0.2, 0.25) is 0 Å². The molecule has 0 spiro atoms. The zero-order valence-electron chi connectivity index (χ0n) is 5.11. The lowest BCUT2D eigenvalue weighted by Gasteiger charge is -2.10. The standard InChI is InChI=1S/C5H10O4/c1-3(7)5(9)4(8)2-6/h4-6,8-9H,2H2,1H3/t4-,5+/m1/s1. The summed E-state index contributed by atoms with van der Waals surface area (Å²) >= 11 is 0. The van der Waals surface area contributed by atoms with E-state index < -0.39 is 24.6 Å². The molecule has 9 heavy (non-hydrogen) atoms. The Hall–Kier alpha value is -0.450. The summed E-state index contributed by atoms with van der Waals surface area (Å²) in [5.74, 6) is -0.545. The van der Waals surface area contributed by atoms with Crippen molar-refractivity contribution in [3.8, 4) is 0 Å². The molecule has 0 amide bonds. The summed E-state index contributed by atoms with van der Waals surface area (Å²) in [5.41, 5.74) is 0. The fourth-order valence-corrected chi connectivity index (χ4v) is 0.371. The van der Waals surface area contributed by atoms with Crippen molar-refractivity contribution in [1.82, 2.24) is 0 Å². The van der Waals surface area contributed by atoms with E-state index in [2.05, 4.69) is 0 Å². The minimum absolute atomic E-state index is 0.545. The van der Waals surface area contributed by atoms with Gasteiger partial charge in [0.25, 0.3) is 0 Å². The van der Waals surface area contributed by atoms with Crippen LogP contribution >= 0.6 is 0 Å². The highest BCUT2D eigenvalue weighted by atomic mass is 16.4. The number of aliphatic hydroxyl groups is 3. The van der Waals surface area contributed by atoms with Crippen LogP contribution in [0.4, 0.5) is 0 Å². The molecule has 0 radical (unpaired) electrons. The van der Waals surface area contributed by atoms with E-state index in [1.165, 1.54) is 0 Å². The van der Waals surface area contributed by atoms with E-state index in [1.54, 1.807) is 0 Å². The first-order chi connectivity index (χ1) is 4.09. The molecular formula is C5H10O4. The van der Waals surface area contributed by atoms with Gasteiger partial charge in [0.05, 0.1) is 6.61 Å². The minimum Gasteiger partial charge on any atom is -0.394 e. The molecule has 0 rings (SSSR count). The lowest BCUT2D eigenvalue weighted by molar-refractivity contribution is -0.132. The zero-order chi connectivity index (χ0) is 7.44. The lowest BCUT2D eigenvalue weighted by Crippen LogP contribution is -2.34. The van der Waals surface area contributed by atoms with Gasteiger partial charge in [-0.25, -0.2) is 0 Å². The monoisotopic (exact) mass is 134 g/mol. The van der Waals surface area contributed by atoms with Gasteiger partial charge in [0.15, 0.2) is 5.78 Å². The van der Waals surface area contributed by atoms with Gasteiger partial charge in [-0.3, -0.25) is 4.79 Å². The number of hydrogen-bond acceptors (Lipinski definition) is 4. The molecular weight excluding hydrogens is 124 g/mol. The van der Waals surface area contributed by atoms with Crippen molar-refractivity contribution >= 4 is 5.78 Å². The van der Waals surface area contributed by atoms with Crippen LogP contribution in [0, 0.1) is 0 Å². The summed E-state index contributed by atoms with van der Waals surface area (Å²) in [5, 5.41) is 25.4. The molecule has 0 bridgehead atoms. The van der Waals surface area contributed by atoms with Gasteiger partial charge in [0, 0.05) is 0 Å². The van der Waals surface area contributed by atoms with Crippen molar-refractivity contribution in [3.63, 3.8) is 0 Å². The van der Waals surface area contributed by atoms with E-state index in [9.17, 15) is 4.79 Å². The third kappa shape index (κ3) is 2.55. The minimum atomic E-state index is -1.45. The smallest absolute Gasteiger partial charge is 0.160 e. The molecule has 0 saturated heterocycles. The van der Waals surface area contributed by atoms with Gasteiger partial charge >= 0.3 is 0 Å². The van der Waals surface area contributed by atoms with Crippen LogP contribution in [0.3, 0.4) is 0 Å². The van der Waals surface area contributed by atoms with Crippen molar-refractivity contribution in [1.29, 1.82) is 0 Å². The third-order valence-electron chi connectivity index (χ3n) is 0.968. The lowest BCUT2D eigenvalue weighted by atomic mass is 10.1. The Kier molecular flexibility index (Phi) is 3.37. The molecule has 4 nitrogen and oxygen atoms in total. The van der Waals surface area contributed by atoms with E-state index in [4.69, 9.17) is 15.3 Å². The van der Waals surface area contributed by atoms with Crippen LogP contribution in [-0.4, -0.2) is 39.9 Å². The molecule has 0 aromatic carbocycles. The molecule has 0 unspecified atom stereocenters. The molecule has 0 aromatic rings. The highest BCUT2D eigenvalue weighted by Gasteiger charge is 2.18. The molecule has 0 aliphatic heterocycles. The molecule has 2 atom stereocenters. The van der Waals surface area contributed by atoms with E-state index >= 15 is 0 Å². The van der Waals surface area contributed by atoms with Crippen molar-refractivity contribution in [2.24, 2.45) is 0 Å². The second-order valence-corrected chi connectivity index (χ2v) is 1.81. The van der Waals surface area contributed by atoms with Crippen LogP contribution in [0.1, 0.15) is 6.92 Å². The molecule has 0 saturated carbocycles. The average Bonchev–Trinajstić information content (AvgIpc) is 1.84. The summed E-state index contributed by atoms with van der Waals surface area (Å²) in [6.45, 7) is 0.546. The molecule has 0 aliphatic carbocycles. The Morgan fingerprint density at radius 1 is 1.56 bits per heavy atom. The molecule has 0 aromatic heterocycles. The predicted molar refractivity (Wildman–Crippen MR) is 29.8 cm³/mol. The van der Waals surface area contributed by atoms with Gasteiger partial charge in [-0.1, -0.05) is 0 Å². The van der Waals surface area contributed by atoms with Crippen molar-refractivity contribution in [3.05, 3.63) is 0 Å². The summed E-state index contributed by atoms with van der Waals surface area (Å²) in [6.07, 6.45) is -2.79. The first kappa shape index (κ1) is 8.55. The zero-order valence-corrected chi connectivity index (χ0v) is 5.11. The molecule has 0 heterocycles. The van der Waals surface area contributed by atoms with Crippen LogP contribution in [-0.2, 0) is 4.79 Å². The van der Waals surface area contributed by atoms with Crippen LogP contribution in [0.5, 0.6) is 0 Å². The third-order valence-corrected chi connectivity index (χ3v) is 0.968. The molecule has 0 aliphatic rings. The number of aliphatic hydroxyl groups excluding tert-OH is 3. The molecule has 0 fully saturated rings. The Balaban J connectivity index is 3.72. The highest BCUT2D eigenvalue weighted by Crippen LogP contribution is 1.92. The summed E-state index contributed by atoms with van der Waals surface area (Å²) < 4.78 is 0. The van der Waals surface area contributed by atoms with Gasteiger partial charge < -0.3 is 15.3 Å². The quantitative estimate of drug-likeness (QED) is 0.429. The summed E-state index contributed by atoms with van der Waals surface area (Å²) in [7, 11) is 0. The fourth-order valence-electron chi connectivity index (χ4n) is 0.371. The maximum atomic E-state index is 10.2. The number of carbonyl (C=O) groups excluding carboxylic acids is 1. The van der Waals surface area contributed by atoms with Crippen LogP contribution in [0.25, 0.3) is 0 Å². The summed E-state index contributed by atoms with van der Waals surface area (Å²) in [6, 6.07) is 0. The number of Topliss-reactive ketones (excluding diaryl/α,β-unsaturated/α-hetero) is 1. The number of ketones is 1. The summed E-state index contributed by atoms with van der Waals surface area (Å²) in [4.78, 5) is 10.2. The normalized spacial score (nSPS) is 16.9. The highest BCUT2D eigenvalue weighted by molar-refractivity contribution is 5.80. The maximum Gasteiger partial charge on any atom is 0.160 e. The SMILES string of the molecule is CC(=O)[C@H](O)[C@H](O)CO. The first-order valence-electron chi connectivity index (χ1n) is 2.57.